The Morgan fingerprint density at radius 1 is 1.30 bits per heavy atom. The van der Waals surface area contributed by atoms with Gasteiger partial charge in [-0.25, -0.2) is 9.67 Å². The Kier molecular flexibility index (Phi) is 3.41. The molecule has 1 aliphatic heterocycles. The highest BCUT2D eigenvalue weighted by molar-refractivity contribution is 5.77. The second kappa shape index (κ2) is 5.09. The fraction of sp³-hybridized carbons (Fsp3) is 0.714. The summed E-state index contributed by atoms with van der Waals surface area (Å²) >= 11 is 0. The molecule has 2 aromatic heterocycles. The summed E-state index contributed by atoms with van der Waals surface area (Å²) in [6, 6.07) is 0. The summed E-state index contributed by atoms with van der Waals surface area (Å²) in [6.45, 7) is 11.6. The molecule has 3 rings (SSSR count). The third-order valence-corrected chi connectivity index (χ3v) is 4.39. The van der Waals surface area contributed by atoms with Crippen molar-refractivity contribution in [2.24, 2.45) is 5.92 Å². The molecule has 1 saturated heterocycles. The monoisotopic (exact) mass is 276 g/mol. The van der Waals surface area contributed by atoms with Crippen LogP contribution in [-0.4, -0.2) is 43.9 Å². The van der Waals surface area contributed by atoms with Gasteiger partial charge in [-0.3, -0.25) is 4.57 Å². The lowest BCUT2D eigenvalue weighted by atomic mass is 10.1. The van der Waals surface area contributed by atoms with Crippen LogP contribution < -0.4 is 5.73 Å². The highest BCUT2D eigenvalue weighted by Crippen LogP contribution is 2.25. The third kappa shape index (κ3) is 2.08. The van der Waals surface area contributed by atoms with Gasteiger partial charge in [0.05, 0.1) is 5.69 Å². The molecule has 0 bridgehead atoms. The molecule has 1 fully saturated rings. The summed E-state index contributed by atoms with van der Waals surface area (Å²) in [5.74, 6) is 1.29. The molecule has 1 atom stereocenters. The van der Waals surface area contributed by atoms with Crippen LogP contribution in [0.25, 0.3) is 11.2 Å². The van der Waals surface area contributed by atoms with E-state index in [1.807, 2.05) is 11.6 Å². The molecule has 0 aromatic carbocycles. The minimum absolute atomic E-state index is 0.623. The van der Waals surface area contributed by atoms with Gasteiger partial charge in [0.25, 0.3) is 0 Å². The smallest absolute Gasteiger partial charge is 0.202 e. The zero-order valence-electron chi connectivity index (χ0n) is 12.6. The number of anilines is 1. The van der Waals surface area contributed by atoms with E-state index in [1.54, 1.807) is 0 Å². The molecule has 0 amide bonds. The molecule has 6 nitrogen and oxygen atoms in total. The molecule has 0 radical (unpaired) electrons. The maximum absolute atomic E-state index is 6.13. The van der Waals surface area contributed by atoms with Crippen LogP contribution in [0.15, 0.2) is 0 Å². The SMILES string of the molecule is CCN1CCC(Cn2c(N)nc3c(C)nn(CC)c32)C1. The van der Waals surface area contributed by atoms with Gasteiger partial charge < -0.3 is 10.6 Å². The van der Waals surface area contributed by atoms with E-state index in [0.29, 0.717) is 11.9 Å². The molecule has 2 N–H and O–H groups in total. The zero-order chi connectivity index (χ0) is 14.3. The van der Waals surface area contributed by atoms with E-state index in [-0.39, 0.29) is 0 Å². The molecule has 1 aliphatic rings. The van der Waals surface area contributed by atoms with Crippen LogP contribution in [0.5, 0.6) is 0 Å². The standard InChI is InChI=1S/C14H24N6/c1-4-18-7-6-11(8-18)9-19-13-12(16-14(19)15)10(3)17-20(13)5-2/h11H,4-9H2,1-3H3,(H2,15,16). The Labute approximate surface area is 119 Å². The Bertz CT molecular complexity index is 611. The number of rotatable bonds is 4. The van der Waals surface area contributed by atoms with E-state index in [4.69, 9.17) is 5.73 Å². The number of hydrogen-bond acceptors (Lipinski definition) is 4. The summed E-state index contributed by atoms with van der Waals surface area (Å²) in [5, 5.41) is 4.54. The van der Waals surface area contributed by atoms with Crippen molar-refractivity contribution < 1.29 is 0 Å². The van der Waals surface area contributed by atoms with E-state index >= 15 is 0 Å². The lowest BCUT2D eigenvalue weighted by molar-refractivity contribution is 0.333. The molecule has 0 saturated carbocycles. The number of hydrogen-bond donors (Lipinski definition) is 1. The Balaban J connectivity index is 1.93. The largest absolute Gasteiger partial charge is 0.369 e. The van der Waals surface area contributed by atoms with E-state index in [1.165, 1.54) is 13.0 Å². The zero-order valence-corrected chi connectivity index (χ0v) is 12.6. The number of likely N-dealkylation sites (tertiary alicyclic amines) is 1. The van der Waals surface area contributed by atoms with E-state index in [9.17, 15) is 0 Å². The number of nitrogen functional groups attached to an aromatic ring is 1. The first kappa shape index (κ1) is 13.4. The van der Waals surface area contributed by atoms with Crippen molar-refractivity contribution in [3.63, 3.8) is 0 Å². The molecular formula is C14H24N6. The first-order valence-corrected chi connectivity index (χ1v) is 7.55. The van der Waals surface area contributed by atoms with E-state index < -0.39 is 0 Å². The van der Waals surface area contributed by atoms with Crippen molar-refractivity contribution >= 4 is 17.1 Å². The summed E-state index contributed by atoms with van der Waals surface area (Å²) < 4.78 is 4.17. The minimum atomic E-state index is 0.623. The number of fused-ring (bicyclic) bond motifs is 1. The van der Waals surface area contributed by atoms with Gasteiger partial charge in [-0.05, 0) is 39.3 Å². The highest BCUT2D eigenvalue weighted by Gasteiger charge is 2.24. The van der Waals surface area contributed by atoms with Crippen LogP contribution in [-0.2, 0) is 13.1 Å². The van der Waals surface area contributed by atoms with Crippen molar-refractivity contribution in [1.29, 1.82) is 0 Å². The van der Waals surface area contributed by atoms with Gasteiger partial charge in [0.15, 0.2) is 5.65 Å². The van der Waals surface area contributed by atoms with Crippen molar-refractivity contribution in [1.82, 2.24) is 24.2 Å². The van der Waals surface area contributed by atoms with Crippen molar-refractivity contribution in [2.45, 2.75) is 40.3 Å². The maximum Gasteiger partial charge on any atom is 0.202 e. The maximum atomic E-state index is 6.13. The molecule has 0 aliphatic carbocycles. The molecular weight excluding hydrogens is 252 g/mol. The van der Waals surface area contributed by atoms with Crippen LogP contribution >= 0.6 is 0 Å². The number of imidazole rings is 1. The molecule has 1 unspecified atom stereocenters. The number of aryl methyl sites for hydroxylation is 2. The van der Waals surface area contributed by atoms with Crippen molar-refractivity contribution in [3.8, 4) is 0 Å². The third-order valence-electron chi connectivity index (χ3n) is 4.39. The minimum Gasteiger partial charge on any atom is -0.369 e. The van der Waals surface area contributed by atoms with Gasteiger partial charge in [-0.15, -0.1) is 0 Å². The second-order valence-corrected chi connectivity index (χ2v) is 5.70. The number of nitrogens with two attached hydrogens (primary N) is 1. The molecule has 110 valence electrons. The first-order chi connectivity index (χ1) is 9.63. The fourth-order valence-electron chi connectivity index (χ4n) is 3.25. The van der Waals surface area contributed by atoms with Gasteiger partial charge in [0.2, 0.25) is 5.95 Å². The molecule has 20 heavy (non-hydrogen) atoms. The Hall–Kier alpha value is -1.56. The van der Waals surface area contributed by atoms with Crippen LogP contribution in [0, 0.1) is 12.8 Å². The number of nitrogens with zero attached hydrogens (tertiary/aromatic N) is 5. The fourth-order valence-corrected chi connectivity index (χ4v) is 3.25. The lowest BCUT2D eigenvalue weighted by Gasteiger charge is -2.15. The van der Waals surface area contributed by atoms with Gasteiger partial charge in [-0.2, -0.15) is 5.10 Å². The summed E-state index contributed by atoms with van der Waals surface area (Å²) in [7, 11) is 0. The van der Waals surface area contributed by atoms with Crippen LogP contribution in [0.1, 0.15) is 26.0 Å². The van der Waals surface area contributed by atoms with Crippen LogP contribution in [0.2, 0.25) is 0 Å². The second-order valence-electron chi connectivity index (χ2n) is 5.70. The van der Waals surface area contributed by atoms with Gasteiger partial charge in [-0.1, -0.05) is 6.92 Å². The average Bonchev–Trinajstić information content (AvgIpc) is 3.09. The van der Waals surface area contributed by atoms with Gasteiger partial charge in [0, 0.05) is 19.6 Å². The van der Waals surface area contributed by atoms with Crippen molar-refractivity contribution in [2.75, 3.05) is 25.4 Å². The lowest BCUT2D eigenvalue weighted by Crippen LogP contribution is -2.22. The molecule has 3 heterocycles. The van der Waals surface area contributed by atoms with E-state index in [2.05, 4.69) is 33.4 Å². The quantitative estimate of drug-likeness (QED) is 0.919. The predicted molar refractivity (Wildman–Crippen MR) is 80.6 cm³/mol. The van der Waals surface area contributed by atoms with Crippen LogP contribution in [0.4, 0.5) is 5.95 Å². The van der Waals surface area contributed by atoms with Gasteiger partial charge in [0.1, 0.15) is 5.52 Å². The molecule has 0 spiro atoms. The van der Waals surface area contributed by atoms with Crippen molar-refractivity contribution in [3.05, 3.63) is 5.69 Å². The Morgan fingerprint density at radius 2 is 2.10 bits per heavy atom. The van der Waals surface area contributed by atoms with Gasteiger partial charge >= 0.3 is 0 Å². The predicted octanol–water partition coefficient (Wildman–Crippen LogP) is 1.49. The Morgan fingerprint density at radius 3 is 2.75 bits per heavy atom. The van der Waals surface area contributed by atoms with E-state index in [0.717, 1.165) is 43.0 Å². The topological polar surface area (TPSA) is 64.9 Å². The highest BCUT2D eigenvalue weighted by atomic mass is 15.4. The van der Waals surface area contributed by atoms with Crippen LogP contribution in [0.3, 0.4) is 0 Å². The summed E-state index contributed by atoms with van der Waals surface area (Å²) in [4.78, 5) is 7.00. The normalized spacial score (nSPS) is 20.2. The number of aromatic nitrogens is 4. The molecule has 2 aromatic rings. The summed E-state index contributed by atoms with van der Waals surface area (Å²) in [6.07, 6.45) is 1.24. The summed E-state index contributed by atoms with van der Waals surface area (Å²) in [5.41, 5.74) is 9.13. The molecule has 6 heteroatoms. The average molecular weight is 276 g/mol. The first-order valence-electron chi connectivity index (χ1n) is 7.55.